The van der Waals surface area contributed by atoms with Gasteiger partial charge in [-0.2, -0.15) is 0 Å². The van der Waals surface area contributed by atoms with Crippen molar-refractivity contribution in [2.24, 2.45) is 0 Å². The second-order valence-electron chi connectivity index (χ2n) is 4.97. The van der Waals surface area contributed by atoms with Gasteiger partial charge in [0.05, 0.1) is 15.2 Å². The Balaban J connectivity index is 2.07. The molecule has 0 amide bonds. The van der Waals surface area contributed by atoms with Crippen molar-refractivity contribution in [3.05, 3.63) is 28.8 Å². The zero-order chi connectivity index (χ0) is 13.0. The molecule has 98 valence electrons. The second kappa shape index (κ2) is 6.30. The van der Waals surface area contributed by atoms with Crippen molar-refractivity contribution >= 4 is 21.6 Å². The van der Waals surface area contributed by atoms with Crippen molar-refractivity contribution < 1.29 is 0 Å². The van der Waals surface area contributed by atoms with Gasteiger partial charge in [0.15, 0.2) is 0 Å². The Bertz CT molecular complexity index is 502. The van der Waals surface area contributed by atoms with Crippen LogP contribution in [0.5, 0.6) is 0 Å². The monoisotopic (exact) mass is 262 g/mol. The van der Waals surface area contributed by atoms with Crippen molar-refractivity contribution in [2.45, 2.75) is 39.5 Å². The van der Waals surface area contributed by atoms with E-state index in [4.69, 9.17) is 4.98 Å². The molecule has 1 heterocycles. The summed E-state index contributed by atoms with van der Waals surface area (Å²) in [6, 6.07) is 6.72. The predicted octanol–water partition coefficient (Wildman–Crippen LogP) is 3.96. The van der Waals surface area contributed by atoms with Gasteiger partial charge in [-0.05, 0) is 43.6 Å². The lowest BCUT2D eigenvalue weighted by Gasteiger charge is -2.02. The highest BCUT2D eigenvalue weighted by Gasteiger charge is 2.07. The van der Waals surface area contributed by atoms with Gasteiger partial charge in [-0.1, -0.05) is 26.8 Å². The largest absolute Gasteiger partial charge is 0.317 e. The third-order valence-corrected chi connectivity index (χ3v) is 4.37. The van der Waals surface area contributed by atoms with E-state index in [2.05, 4.69) is 44.3 Å². The van der Waals surface area contributed by atoms with E-state index in [-0.39, 0.29) is 0 Å². The molecule has 2 nitrogen and oxygen atoms in total. The molecule has 0 spiro atoms. The summed E-state index contributed by atoms with van der Waals surface area (Å²) in [7, 11) is 0. The lowest BCUT2D eigenvalue weighted by Crippen LogP contribution is -2.14. The minimum Gasteiger partial charge on any atom is -0.317 e. The average Bonchev–Trinajstić information content (AvgIpc) is 2.78. The van der Waals surface area contributed by atoms with Crippen molar-refractivity contribution in [3.63, 3.8) is 0 Å². The van der Waals surface area contributed by atoms with Gasteiger partial charge < -0.3 is 5.32 Å². The fourth-order valence-electron chi connectivity index (χ4n) is 1.99. The van der Waals surface area contributed by atoms with Crippen LogP contribution in [-0.2, 0) is 6.42 Å². The minimum atomic E-state index is 0.527. The Labute approximate surface area is 113 Å². The molecule has 0 bridgehead atoms. The van der Waals surface area contributed by atoms with Gasteiger partial charge in [0, 0.05) is 5.92 Å². The molecule has 0 aliphatic heterocycles. The zero-order valence-corrected chi connectivity index (χ0v) is 12.3. The Hall–Kier alpha value is -0.930. The number of thiazole rings is 1. The van der Waals surface area contributed by atoms with Crippen molar-refractivity contribution in [1.29, 1.82) is 0 Å². The standard InChI is InChI=1S/C15H22N2S/c1-4-16-9-5-6-12-7-8-14-13(10-12)17-15(18-14)11(2)3/h7-8,10-11,16H,4-6,9H2,1-3H3. The smallest absolute Gasteiger partial charge is 0.0963 e. The summed E-state index contributed by atoms with van der Waals surface area (Å²) in [6.07, 6.45) is 2.33. The molecule has 0 saturated carbocycles. The van der Waals surface area contributed by atoms with E-state index in [1.807, 2.05) is 11.3 Å². The van der Waals surface area contributed by atoms with E-state index >= 15 is 0 Å². The van der Waals surface area contributed by atoms with Crippen LogP contribution in [0.2, 0.25) is 0 Å². The number of aromatic nitrogens is 1. The molecule has 0 aliphatic carbocycles. The van der Waals surface area contributed by atoms with Gasteiger partial charge in [-0.25, -0.2) is 4.98 Å². The minimum absolute atomic E-state index is 0.527. The molecule has 18 heavy (non-hydrogen) atoms. The van der Waals surface area contributed by atoms with Gasteiger partial charge >= 0.3 is 0 Å². The molecular formula is C15H22N2S. The fraction of sp³-hybridized carbons (Fsp3) is 0.533. The highest BCUT2D eigenvalue weighted by atomic mass is 32.1. The van der Waals surface area contributed by atoms with Crippen LogP contribution in [0.1, 0.15) is 43.7 Å². The summed E-state index contributed by atoms with van der Waals surface area (Å²) in [4.78, 5) is 4.72. The Morgan fingerprint density at radius 2 is 2.17 bits per heavy atom. The summed E-state index contributed by atoms with van der Waals surface area (Å²) in [5.41, 5.74) is 2.57. The molecule has 1 N–H and O–H groups in total. The molecule has 0 aliphatic rings. The quantitative estimate of drug-likeness (QED) is 0.797. The lowest BCUT2D eigenvalue weighted by atomic mass is 10.1. The fourth-order valence-corrected chi connectivity index (χ4v) is 2.94. The Morgan fingerprint density at radius 1 is 1.33 bits per heavy atom. The average molecular weight is 262 g/mol. The van der Waals surface area contributed by atoms with Crippen LogP contribution in [-0.4, -0.2) is 18.1 Å². The highest BCUT2D eigenvalue weighted by Crippen LogP contribution is 2.27. The predicted molar refractivity (Wildman–Crippen MR) is 80.6 cm³/mol. The van der Waals surface area contributed by atoms with E-state index in [1.54, 1.807) is 0 Å². The number of rotatable bonds is 6. The molecule has 2 aromatic rings. The third kappa shape index (κ3) is 3.30. The van der Waals surface area contributed by atoms with Crippen LogP contribution in [0.3, 0.4) is 0 Å². The van der Waals surface area contributed by atoms with E-state index in [9.17, 15) is 0 Å². The first-order valence-corrected chi connectivity index (χ1v) is 7.62. The molecule has 0 fully saturated rings. The number of benzene rings is 1. The van der Waals surface area contributed by atoms with Crippen LogP contribution in [0.15, 0.2) is 18.2 Å². The van der Waals surface area contributed by atoms with Crippen molar-refractivity contribution in [2.75, 3.05) is 13.1 Å². The topological polar surface area (TPSA) is 24.9 Å². The van der Waals surface area contributed by atoms with E-state index in [1.165, 1.54) is 27.2 Å². The zero-order valence-electron chi connectivity index (χ0n) is 11.5. The summed E-state index contributed by atoms with van der Waals surface area (Å²) < 4.78 is 1.31. The molecule has 1 aromatic heterocycles. The van der Waals surface area contributed by atoms with Crippen LogP contribution in [0.25, 0.3) is 10.2 Å². The second-order valence-corrected chi connectivity index (χ2v) is 6.03. The first kappa shape index (κ1) is 13.5. The summed E-state index contributed by atoms with van der Waals surface area (Å²) in [5, 5.41) is 4.61. The molecule has 0 saturated heterocycles. The van der Waals surface area contributed by atoms with Crippen LogP contribution in [0.4, 0.5) is 0 Å². The molecule has 1 aromatic carbocycles. The van der Waals surface area contributed by atoms with Gasteiger partial charge in [-0.15, -0.1) is 11.3 Å². The number of hydrogen-bond acceptors (Lipinski definition) is 3. The molecule has 0 atom stereocenters. The summed E-state index contributed by atoms with van der Waals surface area (Å²) in [5.74, 6) is 0.527. The van der Waals surface area contributed by atoms with E-state index in [0.717, 1.165) is 19.5 Å². The van der Waals surface area contributed by atoms with Crippen LogP contribution in [0, 0.1) is 0 Å². The SMILES string of the molecule is CCNCCCc1ccc2sc(C(C)C)nc2c1. The maximum absolute atomic E-state index is 4.72. The molecular weight excluding hydrogens is 240 g/mol. The highest BCUT2D eigenvalue weighted by molar-refractivity contribution is 7.18. The number of fused-ring (bicyclic) bond motifs is 1. The number of hydrogen-bond donors (Lipinski definition) is 1. The van der Waals surface area contributed by atoms with Crippen molar-refractivity contribution in [1.82, 2.24) is 10.3 Å². The maximum atomic E-state index is 4.72. The maximum Gasteiger partial charge on any atom is 0.0963 e. The Morgan fingerprint density at radius 3 is 2.89 bits per heavy atom. The molecule has 3 heteroatoms. The van der Waals surface area contributed by atoms with E-state index in [0.29, 0.717) is 5.92 Å². The van der Waals surface area contributed by atoms with Gasteiger partial charge in [-0.3, -0.25) is 0 Å². The Kier molecular flexibility index (Phi) is 4.72. The first-order valence-electron chi connectivity index (χ1n) is 6.80. The van der Waals surface area contributed by atoms with Crippen LogP contribution >= 0.6 is 11.3 Å². The number of nitrogens with zero attached hydrogens (tertiary/aromatic N) is 1. The van der Waals surface area contributed by atoms with Gasteiger partial charge in [0.1, 0.15) is 0 Å². The van der Waals surface area contributed by atoms with Gasteiger partial charge in [0.2, 0.25) is 0 Å². The molecule has 0 radical (unpaired) electrons. The molecule has 0 unspecified atom stereocenters. The molecule has 2 rings (SSSR count). The number of aryl methyl sites for hydroxylation is 1. The summed E-state index contributed by atoms with van der Waals surface area (Å²) in [6.45, 7) is 8.71. The lowest BCUT2D eigenvalue weighted by molar-refractivity contribution is 0.673. The van der Waals surface area contributed by atoms with Crippen LogP contribution < -0.4 is 5.32 Å². The van der Waals surface area contributed by atoms with E-state index < -0.39 is 0 Å². The van der Waals surface area contributed by atoms with Gasteiger partial charge in [0.25, 0.3) is 0 Å². The first-order chi connectivity index (χ1) is 8.70. The normalized spacial score (nSPS) is 11.6. The number of nitrogens with one attached hydrogen (secondary N) is 1. The van der Waals surface area contributed by atoms with Crippen molar-refractivity contribution in [3.8, 4) is 0 Å². The third-order valence-electron chi connectivity index (χ3n) is 3.03. The summed E-state index contributed by atoms with van der Waals surface area (Å²) >= 11 is 1.82.